The summed E-state index contributed by atoms with van der Waals surface area (Å²) in [5, 5.41) is 4.54. The Bertz CT molecular complexity index is 639. The lowest BCUT2D eigenvalue weighted by Crippen LogP contribution is -2.23. The smallest absolute Gasteiger partial charge is 0.338 e. The molecular formula is C16H19NO2. The van der Waals surface area contributed by atoms with Crippen molar-refractivity contribution in [3.8, 4) is 0 Å². The van der Waals surface area contributed by atoms with Crippen LogP contribution in [0.4, 0.5) is 5.69 Å². The molecule has 0 unspecified atom stereocenters. The molecule has 1 fully saturated rings. The summed E-state index contributed by atoms with van der Waals surface area (Å²) < 4.78 is 5.33. The van der Waals surface area contributed by atoms with Crippen LogP contribution in [0.1, 0.15) is 37.7 Å². The van der Waals surface area contributed by atoms with E-state index in [9.17, 15) is 4.79 Å². The van der Waals surface area contributed by atoms with Gasteiger partial charge in [0, 0.05) is 17.5 Å². The van der Waals surface area contributed by atoms with Crippen LogP contribution < -0.4 is 10.9 Å². The highest BCUT2D eigenvalue weighted by Crippen LogP contribution is 2.27. The summed E-state index contributed by atoms with van der Waals surface area (Å²) in [5.41, 5.74) is 2.34. The first kappa shape index (κ1) is 12.3. The summed E-state index contributed by atoms with van der Waals surface area (Å²) in [6.07, 6.45) is 6.25. The third-order valence-corrected chi connectivity index (χ3v) is 3.93. The first-order valence-electron chi connectivity index (χ1n) is 7.04. The summed E-state index contributed by atoms with van der Waals surface area (Å²) in [4.78, 5) is 11.7. The zero-order chi connectivity index (χ0) is 13.2. The molecule has 19 heavy (non-hydrogen) atoms. The predicted octanol–water partition coefficient (Wildman–Crippen LogP) is 3.85. The van der Waals surface area contributed by atoms with Gasteiger partial charge in [-0.25, -0.2) is 4.79 Å². The molecule has 0 saturated heterocycles. The number of rotatable bonds is 2. The van der Waals surface area contributed by atoms with Gasteiger partial charge in [0.2, 0.25) is 0 Å². The fourth-order valence-corrected chi connectivity index (χ4v) is 2.91. The minimum atomic E-state index is -0.278. The number of hydrogen-bond acceptors (Lipinski definition) is 3. The molecule has 1 aliphatic rings. The van der Waals surface area contributed by atoms with Gasteiger partial charge >= 0.3 is 5.63 Å². The first-order chi connectivity index (χ1) is 9.24. The van der Waals surface area contributed by atoms with Gasteiger partial charge in [0.15, 0.2) is 0 Å². The largest absolute Gasteiger partial charge is 0.422 e. The highest BCUT2D eigenvalue weighted by atomic mass is 16.4. The van der Waals surface area contributed by atoms with Crippen LogP contribution in [-0.4, -0.2) is 6.04 Å². The number of aryl methyl sites for hydroxylation is 1. The fourth-order valence-electron chi connectivity index (χ4n) is 2.91. The maximum Gasteiger partial charge on any atom is 0.338 e. The maximum absolute atomic E-state index is 11.7. The van der Waals surface area contributed by atoms with E-state index in [1.54, 1.807) is 6.07 Å². The molecule has 0 bridgehead atoms. The van der Waals surface area contributed by atoms with Crippen molar-refractivity contribution in [3.05, 3.63) is 40.2 Å². The quantitative estimate of drug-likeness (QED) is 0.831. The molecule has 0 aliphatic heterocycles. The number of para-hydroxylation sites is 1. The monoisotopic (exact) mass is 257 g/mol. The molecule has 1 heterocycles. The number of fused-ring (bicyclic) bond motifs is 1. The van der Waals surface area contributed by atoms with E-state index in [2.05, 4.69) is 5.32 Å². The summed E-state index contributed by atoms with van der Waals surface area (Å²) in [5.74, 6) is 0. The third kappa shape index (κ3) is 2.50. The van der Waals surface area contributed by atoms with Gasteiger partial charge in [0.1, 0.15) is 5.58 Å². The highest BCUT2D eigenvalue weighted by molar-refractivity contribution is 5.91. The zero-order valence-electron chi connectivity index (χ0n) is 11.2. The molecule has 3 rings (SSSR count). The van der Waals surface area contributed by atoms with E-state index in [0.29, 0.717) is 11.6 Å². The van der Waals surface area contributed by atoms with Gasteiger partial charge in [-0.05, 0) is 31.4 Å². The number of hydrogen-bond donors (Lipinski definition) is 1. The fraction of sp³-hybridized carbons (Fsp3) is 0.438. The minimum absolute atomic E-state index is 0.278. The van der Waals surface area contributed by atoms with Gasteiger partial charge in [0.25, 0.3) is 0 Å². The Kier molecular flexibility index (Phi) is 3.28. The van der Waals surface area contributed by atoms with E-state index in [-0.39, 0.29) is 5.63 Å². The van der Waals surface area contributed by atoms with Crippen molar-refractivity contribution < 1.29 is 4.42 Å². The minimum Gasteiger partial charge on any atom is -0.422 e. The summed E-state index contributed by atoms with van der Waals surface area (Å²) >= 11 is 0. The summed E-state index contributed by atoms with van der Waals surface area (Å²) in [6, 6.07) is 8.05. The van der Waals surface area contributed by atoms with Crippen LogP contribution in [0.25, 0.3) is 11.0 Å². The Morgan fingerprint density at radius 3 is 2.79 bits per heavy atom. The van der Waals surface area contributed by atoms with Gasteiger partial charge < -0.3 is 9.73 Å². The second-order valence-electron chi connectivity index (χ2n) is 5.41. The molecular weight excluding hydrogens is 238 g/mol. The van der Waals surface area contributed by atoms with Gasteiger partial charge in [0.05, 0.1) is 5.69 Å². The number of nitrogens with one attached hydrogen (secondary N) is 1. The lowest BCUT2D eigenvalue weighted by molar-refractivity contribution is 0.462. The molecule has 1 aromatic carbocycles. The van der Waals surface area contributed by atoms with E-state index >= 15 is 0 Å². The van der Waals surface area contributed by atoms with Gasteiger partial charge in [-0.3, -0.25) is 0 Å². The van der Waals surface area contributed by atoms with E-state index in [1.165, 1.54) is 32.1 Å². The van der Waals surface area contributed by atoms with Crippen molar-refractivity contribution in [2.24, 2.45) is 0 Å². The van der Waals surface area contributed by atoms with E-state index in [1.807, 2.05) is 25.1 Å². The van der Waals surface area contributed by atoms with Crippen molar-refractivity contribution in [2.75, 3.05) is 5.32 Å². The molecule has 0 amide bonds. The molecule has 0 atom stereocenters. The standard InChI is InChI=1S/C16H19NO2/c1-11-6-5-9-13-14(10-15(18)19-16(11)13)17-12-7-3-2-4-8-12/h5-6,9-10,12,17H,2-4,7-8H2,1H3. The molecule has 1 N–H and O–H groups in total. The van der Waals surface area contributed by atoms with Crippen molar-refractivity contribution in [3.63, 3.8) is 0 Å². The highest BCUT2D eigenvalue weighted by Gasteiger charge is 2.15. The molecule has 0 radical (unpaired) electrons. The van der Waals surface area contributed by atoms with Crippen molar-refractivity contribution in [1.29, 1.82) is 0 Å². The van der Waals surface area contributed by atoms with Crippen LogP contribution in [0.15, 0.2) is 33.5 Å². The van der Waals surface area contributed by atoms with Gasteiger partial charge in [-0.1, -0.05) is 31.4 Å². The van der Waals surface area contributed by atoms with Crippen molar-refractivity contribution in [2.45, 2.75) is 45.1 Å². The van der Waals surface area contributed by atoms with Crippen LogP contribution >= 0.6 is 0 Å². The SMILES string of the molecule is Cc1cccc2c(NC3CCCCC3)cc(=O)oc12. The third-order valence-electron chi connectivity index (χ3n) is 3.93. The van der Waals surface area contributed by atoms with Gasteiger partial charge in [-0.2, -0.15) is 0 Å². The van der Waals surface area contributed by atoms with Crippen LogP contribution in [0.2, 0.25) is 0 Å². The molecule has 3 heteroatoms. The molecule has 1 saturated carbocycles. The molecule has 0 spiro atoms. The first-order valence-corrected chi connectivity index (χ1v) is 7.04. The predicted molar refractivity (Wildman–Crippen MR) is 77.7 cm³/mol. The average molecular weight is 257 g/mol. The van der Waals surface area contributed by atoms with Crippen LogP contribution in [0, 0.1) is 6.92 Å². The number of benzene rings is 1. The lowest BCUT2D eigenvalue weighted by Gasteiger charge is -2.24. The van der Waals surface area contributed by atoms with Gasteiger partial charge in [-0.15, -0.1) is 0 Å². The van der Waals surface area contributed by atoms with E-state index in [4.69, 9.17) is 4.42 Å². The maximum atomic E-state index is 11.7. The Morgan fingerprint density at radius 2 is 2.00 bits per heavy atom. The molecule has 2 aromatic rings. The second-order valence-corrected chi connectivity index (χ2v) is 5.41. The topological polar surface area (TPSA) is 42.2 Å². The molecule has 100 valence electrons. The lowest BCUT2D eigenvalue weighted by atomic mass is 9.95. The Morgan fingerprint density at radius 1 is 1.21 bits per heavy atom. The zero-order valence-corrected chi connectivity index (χ0v) is 11.2. The number of anilines is 1. The van der Waals surface area contributed by atoms with Crippen LogP contribution in [0.3, 0.4) is 0 Å². The molecule has 1 aliphatic carbocycles. The Balaban J connectivity index is 2.02. The van der Waals surface area contributed by atoms with E-state index in [0.717, 1.165) is 16.6 Å². The normalized spacial score (nSPS) is 16.7. The van der Waals surface area contributed by atoms with Crippen LogP contribution in [0.5, 0.6) is 0 Å². The summed E-state index contributed by atoms with van der Waals surface area (Å²) in [6.45, 7) is 1.97. The van der Waals surface area contributed by atoms with Crippen LogP contribution in [-0.2, 0) is 0 Å². The molecule has 3 nitrogen and oxygen atoms in total. The second kappa shape index (κ2) is 5.08. The van der Waals surface area contributed by atoms with E-state index < -0.39 is 0 Å². The molecule has 1 aromatic heterocycles. The Labute approximate surface area is 112 Å². The van der Waals surface area contributed by atoms with Crippen molar-refractivity contribution in [1.82, 2.24) is 0 Å². The average Bonchev–Trinajstić information content (AvgIpc) is 2.41. The summed E-state index contributed by atoms with van der Waals surface area (Å²) in [7, 11) is 0. The van der Waals surface area contributed by atoms with Crippen molar-refractivity contribution >= 4 is 16.7 Å². The Hall–Kier alpha value is -1.77.